The van der Waals surface area contributed by atoms with E-state index in [9.17, 15) is 4.79 Å². The number of rotatable bonds is 7. The predicted octanol–water partition coefficient (Wildman–Crippen LogP) is 3.33. The molecule has 0 aromatic heterocycles. The van der Waals surface area contributed by atoms with Crippen LogP contribution < -0.4 is 5.32 Å². The fourth-order valence-corrected chi connectivity index (χ4v) is 3.71. The van der Waals surface area contributed by atoms with Crippen LogP contribution in [0.2, 0.25) is 0 Å². The van der Waals surface area contributed by atoms with Crippen molar-refractivity contribution in [2.24, 2.45) is 10.9 Å². The van der Waals surface area contributed by atoms with E-state index in [4.69, 9.17) is 9.73 Å². The summed E-state index contributed by atoms with van der Waals surface area (Å²) in [7, 11) is 0. The molecule has 1 fully saturated rings. The largest absolute Gasteiger partial charge is 0.466 e. The van der Waals surface area contributed by atoms with E-state index >= 15 is 0 Å². The molecule has 5 nitrogen and oxygen atoms in total. The van der Waals surface area contributed by atoms with E-state index in [0.717, 1.165) is 50.7 Å². The van der Waals surface area contributed by atoms with Gasteiger partial charge in [-0.1, -0.05) is 17.7 Å². The van der Waals surface area contributed by atoms with E-state index in [0.29, 0.717) is 6.61 Å². The number of benzene rings is 1. The monoisotopic (exact) mass is 377 g/mol. The lowest BCUT2D eigenvalue weighted by molar-refractivity contribution is -0.149. The summed E-state index contributed by atoms with van der Waals surface area (Å²) in [6.45, 7) is 9.83. The van der Waals surface area contributed by atoms with Crippen molar-refractivity contribution in [3.8, 4) is 0 Å². The van der Waals surface area contributed by atoms with Gasteiger partial charge in [0.15, 0.2) is 5.96 Å². The van der Waals surface area contributed by atoms with Crippen LogP contribution >= 0.6 is 11.8 Å². The second kappa shape index (κ2) is 11.1. The number of aliphatic imine (C=N–C) groups is 1. The second-order valence-electron chi connectivity index (χ2n) is 6.41. The molecular weight excluding hydrogens is 346 g/mol. The Labute approximate surface area is 161 Å². The van der Waals surface area contributed by atoms with Gasteiger partial charge >= 0.3 is 5.97 Å². The average molecular weight is 378 g/mol. The Morgan fingerprint density at radius 1 is 1.27 bits per heavy atom. The molecule has 1 N–H and O–H groups in total. The van der Waals surface area contributed by atoms with Crippen LogP contribution in [0.4, 0.5) is 0 Å². The topological polar surface area (TPSA) is 53.9 Å². The first-order chi connectivity index (χ1) is 12.6. The zero-order valence-electron chi connectivity index (χ0n) is 16.2. The smallest absolute Gasteiger partial charge is 0.309 e. The van der Waals surface area contributed by atoms with E-state index in [1.165, 1.54) is 10.5 Å². The van der Waals surface area contributed by atoms with E-state index in [1.807, 2.05) is 18.7 Å². The van der Waals surface area contributed by atoms with E-state index in [-0.39, 0.29) is 11.9 Å². The van der Waals surface area contributed by atoms with Crippen LogP contribution in [0.1, 0.15) is 32.3 Å². The van der Waals surface area contributed by atoms with Gasteiger partial charge in [-0.2, -0.15) is 0 Å². The number of ether oxygens (including phenoxy) is 1. The van der Waals surface area contributed by atoms with Gasteiger partial charge < -0.3 is 15.0 Å². The van der Waals surface area contributed by atoms with Gasteiger partial charge in [-0.25, -0.2) is 0 Å². The first-order valence-corrected chi connectivity index (χ1v) is 10.5. The maximum Gasteiger partial charge on any atom is 0.309 e. The standard InChI is InChI=1S/C20H31N3O2S/c1-4-21-20(22-12-15-26-18-8-6-16(3)7-9-18)23-13-10-17(11-14-23)19(24)25-5-2/h6-9,17H,4-5,10-15H2,1-3H3,(H,21,22). The van der Waals surface area contributed by atoms with Gasteiger partial charge in [-0.15, -0.1) is 11.8 Å². The molecule has 0 aliphatic carbocycles. The number of carbonyl (C=O) groups is 1. The minimum Gasteiger partial charge on any atom is -0.466 e. The SMILES string of the molecule is CCNC(=NCCSc1ccc(C)cc1)N1CCC(C(=O)OCC)CC1. The number of guanidine groups is 1. The summed E-state index contributed by atoms with van der Waals surface area (Å²) in [5.41, 5.74) is 1.29. The lowest BCUT2D eigenvalue weighted by Crippen LogP contribution is -2.46. The number of hydrogen-bond donors (Lipinski definition) is 1. The highest BCUT2D eigenvalue weighted by Gasteiger charge is 2.27. The molecule has 0 unspecified atom stereocenters. The third kappa shape index (κ3) is 6.56. The lowest BCUT2D eigenvalue weighted by atomic mass is 9.97. The van der Waals surface area contributed by atoms with Gasteiger partial charge in [0.1, 0.15) is 0 Å². The molecule has 144 valence electrons. The number of piperidine rings is 1. The molecule has 1 aliphatic heterocycles. The van der Waals surface area contributed by atoms with Crippen molar-refractivity contribution in [3.63, 3.8) is 0 Å². The molecule has 1 aliphatic rings. The molecular formula is C20H31N3O2S. The van der Waals surface area contributed by atoms with Crippen molar-refractivity contribution in [1.82, 2.24) is 10.2 Å². The van der Waals surface area contributed by atoms with E-state index in [2.05, 4.69) is 48.3 Å². The normalized spacial score (nSPS) is 15.8. The summed E-state index contributed by atoms with van der Waals surface area (Å²) in [5, 5.41) is 3.38. The molecule has 0 bridgehead atoms. The van der Waals surface area contributed by atoms with Crippen LogP contribution in [-0.2, 0) is 9.53 Å². The van der Waals surface area contributed by atoms with Gasteiger partial charge in [0.2, 0.25) is 0 Å². The van der Waals surface area contributed by atoms with Gasteiger partial charge in [-0.3, -0.25) is 9.79 Å². The number of nitrogens with one attached hydrogen (secondary N) is 1. The number of likely N-dealkylation sites (tertiary alicyclic amines) is 1. The molecule has 2 rings (SSSR count). The summed E-state index contributed by atoms with van der Waals surface area (Å²) in [6, 6.07) is 8.61. The van der Waals surface area contributed by atoms with Crippen LogP contribution in [0.25, 0.3) is 0 Å². The third-order valence-corrected chi connectivity index (χ3v) is 5.38. The number of hydrogen-bond acceptors (Lipinski definition) is 4. The van der Waals surface area contributed by atoms with Gasteiger partial charge in [0, 0.05) is 30.3 Å². The molecule has 0 amide bonds. The fraction of sp³-hybridized carbons (Fsp3) is 0.600. The highest BCUT2D eigenvalue weighted by atomic mass is 32.2. The number of thioether (sulfide) groups is 1. The Bertz CT molecular complexity index is 581. The minimum atomic E-state index is -0.0522. The molecule has 0 atom stereocenters. The van der Waals surface area contributed by atoms with Crippen molar-refractivity contribution in [1.29, 1.82) is 0 Å². The summed E-state index contributed by atoms with van der Waals surface area (Å²) in [6.07, 6.45) is 1.67. The Morgan fingerprint density at radius 2 is 1.96 bits per heavy atom. The summed E-state index contributed by atoms with van der Waals surface area (Å²) >= 11 is 1.83. The minimum absolute atomic E-state index is 0.0335. The third-order valence-electron chi connectivity index (χ3n) is 4.39. The highest BCUT2D eigenvalue weighted by molar-refractivity contribution is 7.99. The molecule has 0 radical (unpaired) electrons. The van der Waals surface area contributed by atoms with Crippen molar-refractivity contribution in [3.05, 3.63) is 29.8 Å². The van der Waals surface area contributed by atoms with Crippen molar-refractivity contribution in [2.75, 3.05) is 38.5 Å². The Balaban J connectivity index is 1.81. The Kier molecular flexibility index (Phi) is 8.81. The summed E-state index contributed by atoms with van der Waals surface area (Å²) < 4.78 is 5.15. The molecule has 0 saturated carbocycles. The summed E-state index contributed by atoms with van der Waals surface area (Å²) in [5.74, 6) is 1.89. The lowest BCUT2D eigenvalue weighted by Gasteiger charge is -2.33. The summed E-state index contributed by atoms with van der Waals surface area (Å²) in [4.78, 5) is 20.2. The van der Waals surface area contributed by atoms with Crippen LogP contribution in [-0.4, -0.2) is 55.4 Å². The molecule has 6 heteroatoms. The number of carbonyl (C=O) groups excluding carboxylic acids is 1. The zero-order valence-corrected chi connectivity index (χ0v) is 17.0. The molecule has 1 aromatic carbocycles. The molecule has 1 heterocycles. The predicted molar refractivity (Wildman–Crippen MR) is 109 cm³/mol. The van der Waals surface area contributed by atoms with E-state index in [1.54, 1.807) is 0 Å². The van der Waals surface area contributed by atoms with E-state index < -0.39 is 0 Å². The average Bonchev–Trinajstić information content (AvgIpc) is 2.66. The molecule has 1 saturated heterocycles. The maximum absolute atomic E-state index is 11.9. The van der Waals surface area contributed by atoms with Crippen LogP contribution in [0, 0.1) is 12.8 Å². The Hall–Kier alpha value is -1.69. The van der Waals surface area contributed by atoms with Crippen LogP contribution in [0.5, 0.6) is 0 Å². The first-order valence-electron chi connectivity index (χ1n) is 9.53. The van der Waals surface area contributed by atoms with Crippen LogP contribution in [0.3, 0.4) is 0 Å². The van der Waals surface area contributed by atoms with Gasteiger partial charge in [0.05, 0.1) is 19.1 Å². The van der Waals surface area contributed by atoms with Crippen molar-refractivity contribution >= 4 is 23.7 Å². The second-order valence-corrected chi connectivity index (χ2v) is 7.58. The highest BCUT2D eigenvalue weighted by Crippen LogP contribution is 2.20. The fourth-order valence-electron chi connectivity index (χ4n) is 2.96. The molecule has 1 aromatic rings. The first kappa shape index (κ1) is 20.6. The Morgan fingerprint density at radius 3 is 2.58 bits per heavy atom. The van der Waals surface area contributed by atoms with Crippen molar-refractivity contribution < 1.29 is 9.53 Å². The van der Waals surface area contributed by atoms with Gasteiger partial charge in [0.25, 0.3) is 0 Å². The van der Waals surface area contributed by atoms with Crippen molar-refractivity contribution in [2.45, 2.75) is 38.5 Å². The molecule has 26 heavy (non-hydrogen) atoms. The number of aryl methyl sites for hydroxylation is 1. The number of esters is 1. The zero-order chi connectivity index (χ0) is 18.8. The maximum atomic E-state index is 11.9. The van der Waals surface area contributed by atoms with Crippen LogP contribution in [0.15, 0.2) is 34.2 Å². The van der Waals surface area contributed by atoms with Gasteiger partial charge in [-0.05, 0) is 45.7 Å². The molecule has 0 spiro atoms. The number of nitrogens with zero attached hydrogens (tertiary/aromatic N) is 2. The quantitative estimate of drug-likeness (QED) is 0.260.